The fraction of sp³-hybridized carbons (Fsp3) is 0.263. The van der Waals surface area contributed by atoms with Crippen molar-refractivity contribution in [3.63, 3.8) is 0 Å². The molecule has 2 amide bonds. The molecule has 0 saturated carbocycles. The molecule has 0 spiro atoms. The van der Waals surface area contributed by atoms with Gasteiger partial charge in [-0.25, -0.2) is 4.90 Å². The van der Waals surface area contributed by atoms with E-state index in [1.165, 1.54) is 24.3 Å². The molecule has 4 atom stereocenters. The number of benzene rings is 4. The molecule has 246 valence electrons. The summed E-state index contributed by atoms with van der Waals surface area (Å²) in [5.41, 5.74) is 2.87. The lowest BCUT2D eigenvalue weighted by Crippen LogP contribution is -2.40. The molecule has 4 aromatic carbocycles. The Morgan fingerprint density at radius 3 is 2.46 bits per heavy atom. The normalized spacial score (nSPS) is 20.3. The lowest BCUT2D eigenvalue weighted by atomic mass is 9.68. The first-order valence-electron chi connectivity index (χ1n) is 15.9. The average Bonchev–Trinajstić information content (AvgIpc) is 3.35. The molecule has 0 unspecified atom stereocenters. The monoisotopic (exact) mass is 648 g/mol. The van der Waals surface area contributed by atoms with Crippen LogP contribution in [0.3, 0.4) is 0 Å². The minimum absolute atomic E-state index is 0.0444. The number of nitro groups is 1. The molecule has 1 aliphatic heterocycles. The third-order valence-electron chi connectivity index (χ3n) is 9.34. The number of para-hydroxylation sites is 1. The number of aliphatic hydroxyl groups excluding tert-OH is 2. The maximum absolute atomic E-state index is 13.9. The van der Waals surface area contributed by atoms with Gasteiger partial charge in [-0.2, -0.15) is 0 Å². The molecule has 1 saturated heterocycles. The molecule has 6 rings (SSSR count). The molecule has 10 heteroatoms. The van der Waals surface area contributed by atoms with Gasteiger partial charge in [0.05, 0.1) is 35.2 Å². The van der Waals surface area contributed by atoms with Gasteiger partial charge in [-0.05, 0) is 72.5 Å². The number of carbonyl (C=O) groups excluding carboxylic acids is 2. The first-order chi connectivity index (χ1) is 23.2. The number of amides is 2. The zero-order valence-electron chi connectivity index (χ0n) is 26.4. The predicted octanol–water partition coefficient (Wildman–Crippen LogP) is 6.19. The predicted molar refractivity (Wildman–Crippen MR) is 181 cm³/mol. The van der Waals surface area contributed by atoms with Gasteiger partial charge >= 0.3 is 0 Å². The Hall–Kier alpha value is -5.32. The molecule has 0 radical (unpaired) electrons. The van der Waals surface area contributed by atoms with Crippen LogP contribution in [-0.2, 0) is 9.59 Å². The van der Waals surface area contributed by atoms with E-state index in [0.29, 0.717) is 23.3 Å². The zero-order chi connectivity index (χ0) is 33.9. The highest BCUT2D eigenvalue weighted by Gasteiger charge is 2.55. The van der Waals surface area contributed by atoms with E-state index >= 15 is 0 Å². The second-order valence-corrected chi connectivity index (χ2v) is 12.3. The number of non-ortho nitro benzene ring substituents is 1. The summed E-state index contributed by atoms with van der Waals surface area (Å²) in [6.45, 7) is 1.51. The third-order valence-corrected chi connectivity index (χ3v) is 9.34. The maximum atomic E-state index is 13.9. The van der Waals surface area contributed by atoms with Crippen molar-refractivity contribution in [3.8, 4) is 11.5 Å². The Morgan fingerprint density at radius 2 is 1.73 bits per heavy atom. The van der Waals surface area contributed by atoms with Crippen molar-refractivity contribution in [2.75, 3.05) is 18.1 Å². The molecule has 1 fully saturated rings. The fourth-order valence-electron chi connectivity index (χ4n) is 7.07. The van der Waals surface area contributed by atoms with Crippen molar-refractivity contribution in [1.29, 1.82) is 0 Å². The first-order valence-corrected chi connectivity index (χ1v) is 15.9. The van der Waals surface area contributed by atoms with Crippen LogP contribution in [0.2, 0.25) is 0 Å². The summed E-state index contributed by atoms with van der Waals surface area (Å²) in [4.78, 5) is 39.5. The highest BCUT2D eigenvalue weighted by Crippen LogP contribution is 2.47. The van der Waals surface area contributed by atoms with Gasteiger partial charge in [0.2, 0.25) is 11.8 Å². The Labute approximate surface area is 277 Å². The number of nitro benzene ring substituents is 1. The van der Waals surface area contributed by atoms with E-state index in [2.05, 4.69) is 0 Å². The number of aliphatic hydroxyl groups is 2. The number of phenolic OH excluding ortho intramolecular Hbond substituents is 1. The van der Waals surface area contributed by atoms with Crippen LogP contribution in [0.25, 0.3) is 16.8 Å². The second kappa shape index (κ2) is 13.8. The van der Waals surface area contributed by atoms with Crippen molar-refractivity contribution in [2.45, 2.75) is 32.3 Å². The smallest absolute Gasteiger partial charge is 0.271 e. The molecule has 0 aromatic heterocycles. The molecule has 2 aliphatic rings. The highest BCUT2D eigenvalue weighted by molar-refractivity contribution is 6.22. The van der Waals surface area contributed by atoms with E-state index in [1.54, 1.807) is 18.2 Å². The van der Waals surface area contributed by atoms with Gasteiger partial charge in [0.1, 0.15) is 18.1 Å². The number of aromatic hydroxyl groups is 1. The van der Waals surface area contributed by atoms with E-state index in [-0.39, 0.29) is 36.6 Å². The summed E-state index contributed by atoms with van der Waals surface area (Å²) in [7, 11) is 0. The van der Waals surface area contributed by atoms with Crippen LogP contribution in [0.5, 0.6) is 11.5 Å². The molecule has 1 aliphatic carbocycles. The van der Waals surface area contributed by atoms with Gasteiger partial charge in [-0.1, -0.05) is 66.2 Å². The summed E-state index contributed by atoms with van der Waals surface area (Å²) in [5.74, 6) is -2.92. The van der Waals surface area contributed by atoms with E-state index in [4.69, 9.17) is 4.74 Å². The molecule has 10 nitrogen and oxygen atoms in total. The molecule has 0 bridgehead atoms. The van der Waals surface area contributed by atoms with Crippen LogP contribution in [-0.4, -0.2) is 51.4 Å². The Kier molecular flexibility index (Phi) is 9.38. The molecule has 48 heavy (non-hydrogen) atoms. The number of allylic oxidation sites excluding steroid dienone is 1. The average molecular weight is 649 g/mol. The summed E-state index contributed by atoms with van der Waals surface area (Å²) in [5, 5.41) is 45.9. The number of hydrogen-bond acceptors (Lipinski definition) is 8. The van der Waals surface area contributed by atoms with Crippen LogP contribution < -0.4 is 9.64 Å². The molecule has 1 heterocycles. The van der Waals surface area contributed by atoms with Gasteiger partial charge < -0.3 is 20.1 Å². The second-order valence-electron chi connectivity index (χ2n) is 12.3. The zero-order valence-corrected chi connectivity index (χ0v) is 26.4. The van der Waals surface area contributed by atoms with Crippen molar-refractivity contribution in [2.24, 2.45) is 17.8 Å². The number of carbonyl (C=O) groups is 2. The van der Waals surface area contributed by atoms with Crippen LogP contribution >= 0.6 is 0 Å². The van der Waals surface area contributed by atoms with Crippen molar-refractivity contribution in [1.82, 2.24) is 0 Å². The van der Waals surface area contributed by atoms with E-state index in [9.17, 15) is 35.0 Å². The lowest BCUT2D eigenvalue weighted by molar-refractivity contribution is -0.384. The van der Waals surface area contributed by atoms with Crippen LogP contribution in [0.1, 0.15) is 31.7 Å². The number of imide groups is 1. The van der Waals surface area contributed by atoms with Gasteiger partial charge in [0.15, 0.2) is 0 Å². The number of phenols is 1. The fourth-order valence-corrected chi connectivity index (χ4v) is 7.07. The minimum atomic E-state index is -1.05. The maximum Gasteiger partial charge on any atom is 0.271 e. The van der Waals surface area contributed by atoms with Gasteiger partial charge in [-0.15, -0.1) is 0 Å². The first kappa shape index (κ1) is 32.6. The molecule has 3 N–H and O–H groups in total. The number of rotatable bonds is 11. The molecular weight excluding hydrogens is 612 g/mol. The van der Waals surface area contributed by atoms with Gasteiger partial charge in [0, 0.05) is 23.4 Å². The van der Waals surface area contributed by atoms with E-state index in [0.717, 1.165) is 26.8 Å². The quantitative estimate of drug-likeness (QED) is 0.0754. The van der Waals surface area contributed by atoms with Crippen molar-refractivity contribution >= 4 is 40.0 Å². The Morgan fingerprint density at radius 1 is 1.00 bits per heavy atom. The van der Waals surface area contributed by atoms with Crippen LogP contribution in [0, 0.1) is 27.9 Å². The Bertz CT molecular complexity index is 1940. The summed E-state index contributed by atoms with van der Waals surface area (Å²) in [6, 6.07) is 25.5. The summed E-state index contributed by atoms with van der Waals surface area (Å²) >= 11 is 0. The number of fused-ring (bicyclic) bond motifs is 2. The van der Waals surface area contributed by atoms with Gasteiger partial charge in [0.25, 0.3) is 5.69 Å². The van der Waals surface area contributed by atoms with Crippen molar-refractivity contribution in [3.05, 3.63) is 123 Å². The summed E-state index contributed by atoms with van der Waals surface area (Å²) < 4.78 is 6.07. The van der Waals surface area contributed by atoms with E-state index in [1.807, 2.05) is 61.5 Å². The van der Waals surface area contributed by atoms with Gasteiger partial charge in [-0.3, -0.25) is 19.7 Å². The SMILES string of the molecule is C/C(=C\c1ccc(O)c2ccccc12)CC[C@@H](O)C1=C(COc2ccccc2)C[C@H]2C(=O)N(c3cccc([N+](=O)[O-])c3)C(=O)[C@H]2[C@H]1CO. The third kappa shape index (κ3) is 6.32. The minimum Gasteiger partial charge on any atom is -0.507 e. The topological polar surface area (TPSA) is 150 Å². The molecule has 4 aromatic rings. The van der Waals surface area contributed by atoms with E-state index < -0.39 is 47.2 Å². The standard InChI is InChI=1S/C38H36N2O8/c1-23(18-24-15-17-33(42)30-13-6-5-12-29(24)30)14-16-34(43)35-25(22-48-28-10-3-2-4-11-28)19-31-36(32(35)21-41)38(45)39(37(31)44)26-8-7-9-27(20-26)40(46)47/h2-13,15,17-18,20,31-32,34,36,41-43H,14,16,19,21-22H2,1H3/b23-18+/t31-,32+,34-,36-/m1/s1. The number of nitrogens with zero attached hydrogens (tertiary/aromatic N) is 2. The van der Waals surface area contributed by atoms with Crippen molar-refractivity contribution < 1.29 is 34.6 Å². The number of hydrogen-bond donors (Lipinski definition) is 3. The summed E-state index contributed by atoms with van der Waals surface area (Å²) in [6.07, 6.45) is 1.87. The highest BCUT2D eigenvalue weighted by atomic mass is 16.6. The number of ether oxygens (including phenoxy) is 1. The molecular formula is C38H36N2O8. The lowest BCUT2D eigenvalue weighted by Gasteiger charge is -2.36. The van der Waals surface area contributed by atoms with Crippen LogP contribution in [0.4, 0.5) is 11.4 Å². The van der Waals surface area contributed by atoms with Crippen LogP contribution in [0.15, 0.2) is 108 Å². The largest absolute Gasteiger partial charge is 0.507 e. The number of anilines is 1. The Balaban J connectivity index is 1.30.